The monoisotopic (exact) mass is 273 g/mol. The number of nitrogens with zero attached hydrogens (tertiary/aromatic N) is 1. The van der Waals surface area contributed by atoms with Gasteiger partial charge in [0.2, 0.25) is 0 Å². The van der Waals surface area contributed by atoms with Crippen LogP contribution >= 0.6 is 0 Å². The Morgan fingerprint density at radius 1 is 1.40 bits per heavy atom. The lowest BCUT2D eigenvalue weighted by atomic mass is 10.1. The summed E-state index contributed by atoms with van der Waals surface area (Å²) in [7, 11) is 0. The molecule has 0 aliphatic heterocycles. The summed E-state index contributed by atoms with van der Waals surface area (Å²) >= 11 is 0. The zero-order valence-electron chi connectivity index (χ0n) is 11.4. The first-order valence-electron chi connectivity index (χ1n) is 6.22. The predicted octanol–water partition coefficient (Wildman–Crippen LogP) is 2.35. The molecule has 2 aromatic rings. The van der Waals surface area contributed by atoms with Crippen molar-refractivity contribution < 1.29 is 9.18 Å². The van der Waals surface area contributed by atoms with Crippen molar-refractivity contribution in [3.8, 4) is 0 Å². The van der Waals surface area contributed by atoms with Crippen molar-refractivity contribution in [1.82, 2.24) is 10.3 Å². The third-order valence-electron chi connectivity index (χ3n) is 3.23. The van der Waals surface area contributed by atoms with Crippen LogP contribution in [0.4, 0.5) is 10.1 Å². The Morgan fingerprint density at radius 2 is 2.15 bits per heavy atom. The molecule has 0 aliphatic rings. The smallest absolute Gasteiger partial charge is 0.251 e. The van der Waals surface area contributed by atoms with Gasteiger partial charge in [0.05, 0.1) is 0 Å². The molecule has 1 aromatic heterocycles. The van der Waals surface area contributed by atoms with Gasteiger partial charge >= 0.3 is 0 Å². The van der Waals surface area contributed by atoms with Crippen LogP contribution in [0.3, 0.4) is 0 Å². The van der Waals surface area contributed by atoms with Gasteiger partial charge in [-0.05, 0) is 43.2 Å². The molecule has 0 saturated heterocycles. The number of rotatable bonds is 3. The van der Waals surface area contributed by atoms with E-state index in [9.17, 15) is 9.18 Å². The van der Waals surface area contributed by atoms with E-state index in [2.05, 4.69) is 10.3 Å². The summed E-state index contributed by atoms with van der Waals surface area (Å²) < 4.78 is 13.6. The molecule has 0 aliphatic carbocycles. The summed E-state index contributed by atoms with van der Waals surface area (Å²) in [4.78, 5) is 16.0. The zero-order valence-corrected chi connectivity index (χ0v) is 11.4. The van der Waals surface area contributed by atoms with Crippen LogP contribution in [0.1, 0.15) is 27.0 Å². The fourth-order valence-electron chi connectivity index (χ4n) is 1.79. The second kappa shape index (κ2) is 5.69. The molecular formula is C15H16FN3O. The molecule has 1 amide bonds. The molecule has 0 radical (unpaired) electrons. The van der Waals surface area contributed by atoms with Gasteiger partial charge in [0.1, 0.15) is 5.82 Å². The number of hydrogen-bond donors (Lipinski definition) is 2. The molecule has 2 rings (SSSR count). The van der Waals surface area contributed by atoms with Crippen molar-refractivity contribution in [3.05, 3.63) is 58.7 Å². The lowest BCUT2D eigenvalue weighted by Crippen LogP contribution is -2.23. The van der Waals surface area contributed by atoms with Gasteiger partial charge in [-0.2, -0.15) is 0 Å². The van der Waals surface area contributed by atoms with Gasteiger partial charge in [0.25, 0.3) is 5.91 Å². The van der Waals surface area contributed by atoms with Gasteiger partial charge in [-0.3, -0.25) is 9.78 Å². The number of amides is 1. The number of anilines is 1. The number of hydrogen-bond acceptors (Lipinski definition) is 3. The van der Waals surface area contributed by atoms with Gasteiger partial charge in [-0.1, -0.05) is 0 Å². The highest BCUT2D eigenvalue weighted by Gasteiger charge is 2.11. The molecule has 20 heavy (non-hydrogen) atoms. The van der Waals surface area contributed by atoms with Crippen LogP contribution in [0, 0.1) is 19.7 Å². The van der Waals surface area contributed by atoms with Crippen molar-refractivity contribution in [2.45, 2.75) is 20.4 Å². The summed E-state index contributed by atoms with van der Waals surface area (Å²) in [6.45, 7) is 3.85. The summed E-state index contributed by atoms with van der Waals surface area (Å²) in [6, 6.07) is 4.53. The van der Waals surface area contributed by atoms with E-state index in [1.54, 1.807) is 19.3 Å². The molecule has 1 heterocycles. The highest BCUT2D eigenvalue weighted by atomic mass is 19.1. The summed E-state index contributed by atoms with van der Waals surface area (Å²) in [6.07, 6.45) is 3.39. The van der Waals surface area contributed by atoms with E-state index < -0.39 is 5.82 Å². The van der Waals surface area contributed by atoms with E-state index in [0.29, 0.717) is 12.1 Å². The predicted molar refractivity (Wildman–Crippen MR) is 75.7 cm³/mol. The fourth-order valence-corrected chi connectivity index (χ4v) is 1.79. The number of carbonyl (C=O) groups is 1. The average molecular weight is 273 g/mol. The molecule has 5 heteroatoms. The quantitative estimate of drug-likeness (QED) is 0.843. The Hall–Kier alpha value is -2.43. The molecule has 0 bridgehead atoms. The number of aryl methyl sites for hydroxylation is 1. The van der Waals surface area contributed by atoms with Gasteiger partial charge in [0, 0.05) is 35.8 Å². The number of nitrogens with one attached hydrogen (secondary N) is 1. The topological polar surface area (TPSA) is 68.0 Å². The van der Waals surface area contributed by atoms with Crippen LogP contribution in [0.5, 0.6) is 0 Å². The largest absolute Gasteiger partial charge is 0.398 e. The highest BCUT2D eigenvalue weighted by Crippen LogP contribution is 2.17. The van der Waals surface area contributed by atoms with Crippen molar-refractivity contribution in [3.63, 3.8) is 0 Å². The minimum Gasteiger partial charge on any atom is -0.398 e. The first kappa shape index (κ1) is 14.0. The van der Waals surface area contributed by atoms with Gasteiger partial charge < -0.3 is 11.1 Å². The zero-order chi connectivity index (χ0) is 14.7. The van der Waals surface area contributed by atoms with Crippen molar-refractivity contribution >= 4 is 11.6 Å². The molecular weight excluding hydrogens is 257 g/mol. The van der Waals surface area contributed by atoms with E-state index in [4.69, 9.17) is 5.73 Å². The number of nitrogens with two attached hydrogens (primary N) is 1. The number of halogens is 1. The first-order valence-corrected chi connectivity index (χ1v) is 6.22. The number of nitrogen functional groups attached to an aromatic ring is 1. The Balaban J connectivity index is 2.11. The second-order valence-electron chi connectivity index (χ2n) is 4.66. The number of pyridine rings is 1. The van der Waals surface area contributed by atoms with Crippen LogP contribution < -0.4 is 11.1 Å². The Kier molecular flexibility index (Phi) is 3.98. The second-order valence-corrected chi connectivity index (χ2v) is 4.66. The van der Waals surface area contributed by atoms with E-state index in [-0.39, 0.29) is 17.2 Å². The molecule has 0 atom stereocenters. The van der Waals surface area contributed by atoms with Crippen LogP contribution in [-0.4, -0.2) is 10.9 Å². The van der Waals surface area contributed by atoms with Crippen LogP contribution in [0.15, 0.2) is 30.6 Å². The van der Waals surface area contributed by atoms with Gasteiger partial charge in [0.15, 0.2) is 0 Å². The Bertz CT molecular complexity index is 632. The molecule has 3 N–H and O–H groups in total. The third-order valence-corrected chi connectivity index (χ3v) is 3.23. The molecule has 0 unspecified atom stereocenters. The molecule has 4 nitrogen and oxygen atoms in total. The maximum Gasteiger partial charge on any atom is 0.251 e. The maximum absolute atomic E-state index is 13.6. The summed E-state index contributed by atoms with van der Waals surface area (Å²) in [5.74, 6) is -0.841. The van der Waals surface area contributed by atoms with E-state index >= 15 is 0 Å². The van der Waals surface area contributed by atoms with Crippen molar-refractivity contribution in [2.24, 2.45) is 0 Å². The van der Waals surface area contributed by atoms with Crippen LogP contribution in [-0.2, 0) is 6.54 Å². The number of carbonyl (C=O) groups excluding carboxylic acids is 1. The first-order chi connectivity index (χ1) is 9.49. The highest BCUT2D eigenvalue weighted by molar-refractivity contribution is 5.95. The Morgan fingerprint density at radius 3 is 2.80 bits per heavy atom. The van der Waals surface area contributed by atoms with Crippen molar-refractivity contribution in [1.29, 1.82) is 0 Å². The van der Waals surface area contributed by atoms with E-state index in [1.807, 2.05) is 13.0 Å². The van der Waals surface area contributed by atoms with Gasteiger partial charge in [-0.15, -0.1) is 0 Å². The molecule has 0 spiro atoms. The fraction of sp³-hybridized carbons (Fsp3) is 0.200. The molecule has 0 fully saturated rings. The lowest BCUT2D eigenvalue weighted by molar-refractivity contribution is 0.0950. The summed E-state index contributed by atoms with van der Waals surface area (Å²) in [5, 5.41) is 2.73. The van der Waals surface area contributed by atoms with E-state index in [1.165, 1.54) is 12.1 Å². The standard InChI is InChI=1S/C15H16FN3O/c1-9-3-4-18-7-12(9)8-19-15(20)11-5-13(16)10(2)14(17)6-11/h3-7H,8,17H2,1-2H3,(H,19,20). The number of benzene rings is 1. The lowest BCUT2D eigenvalue weighted by Gasteiger charge is -2.09. The van der Waals surface area contributed by atoms with E-state index in [0.717, 1.165) is 11.1 Å². The van der Waals surface area contributed by atoms with Crippen LogP contribution in [0.25, 0.3) is 0 Å². The van der Waals surface area contributed by atoms with Crippen LogP contribution in [0.2, 0.25) is 0 Å². The average Bonchev–Trinajstić information content (AvgIpc) is 2.43. The SMILES string of the molecule is Cc1ccncc1CNC(=O)c1cc(N)c(C)c(F)c1. The minimum atomic E-state index is -0.479. The molecule has 104 valence electrons. The third kappa shape index (κ3) is 2.93. The maximum atomic E-state index is 13.6. The molecule has 0 saturated carbocycles. The normalized spacial score (nSPS) is 10.3. The number of aromatic nitrogens is 1. The molecule has 1 aromatic carbocycles. The summed E-state index contributed by atoms with van der Waals surface area (Å²) in [5.41, 5.74) is 8.45. The minimum absolute atomic E-state index is 0.215. The van der Waals surface area contributed by atoms with Gasteiger partial charge in [-0.25, -0.2) is 4.39 Å². The Labute approximate surface area is 116 Å². The van der Waals surface area contributed by atoms with Crippen molar-refractivity contribution in [2.75, 3.05) is 5.73 Å².